The molecule has 1 aliphatic heterocycles. The molecule has 4 rings (SSSR count). The molecule has 3 aromatic heterocycles. The van der Waals surface area contributed by atoms with Gasteiger partial charge in [-0.1, -0.05) is 0 Å². The molecule has 8 nitrogen and oxygen atoms in total. The largest absolute Gasteiger partial charge is 0.481 e. The lowest BCUT2D eigenvalue weighted by Crippen LogP contribution is -2.37. The molecule has 25 heavy (non-hydrogen) atoms. The zero-order valence-corrected chi connectivity index (χ0v) is 14.1. The Balaban J connectivity index is 1.45. The van der Waals surface area contributed by atoms with Gasteiger partial charge in [0.25, 0.3) is 0 Å². The molecule has 0 unspecified atom stereocenters. The lowest BCUT2D eigenvalue weighted by molar-refractivity contribution is 0.352. The molecular weight excluding hydrogens is 320 g/mol. The Labute approximate surface area is 144 Å². The summed E-state index contributed by atoms with van der Waals surface area (Å²) in [7, 11) is 1.60. The number of fused-ring (bicyclic) bond motifs is 1. The topological polar surface area (TPSA) is 88.9 Å². The van der Waals surface area contributed by atoms with Crippen LogP contribution in [0.1, 0.15) is 12.8 Å². The van der Waals surface area contributed by atoms with Crippen molar-refractivity contribution in [2.75, 3.05) is 25.1 Å². The summed E-state index contributed by atoms with van der Waals surface area (Å²) in [4.78, 5) is 30.3. The molecule has 1 fully saturated rings. The van der Waals surface area contributed by atoms with E-state index in [1.807, 2.05) is 12.1 Å². The lowest BCUT2D eigenvalue weighted by atomic mass is 9.97. The third-order valence-corrected chi connectivity index (χ3v) is 4.69. The molecule has 8 heteroatoms. The third kappa shape index (κ3) is 3.07. The fourth-order valence-electron chi connectivity index (χ4n) is 3.33. The molecule has 0 radical (unpaired) electrons. The predicted molar refractivity (Wildman–Crippen MR) is 93.9 cm³/mol. The Morgan fingerprint density at radius 2 is 2.08 bits per heavy atom. The number of aromatic nitrogens is 5. The average molecular weight is 340 g/mol. The third-order valence-electron chi connectivity index (χ3n) is 4.69. The summed E-state index contributed by atoms with van der Waals surface area (Å²) in [6.45, 7) is 2.41. The first-order valence-corrected chi connectivity index (χ1v) is 8.40. The van der Waals surface area contributed by atoms with Crippen molar-refractivity contribution in [1.82, 2.24) is 24.5 Å². The molecule has 0 spiro atoms. The number of ether oxygens (including phenoxy) is 1. The quantitative estimate of drug-likeness (QED) is 0.773. The second-order valence-corrected chi connectivity index (χ2v) is 6.24. The first-order valence-electron chi connectivity index (χ1n) is 8.40. The number of H-pyrrole nitrogens is 1. The first-order chi connectivity index (χ1) is 12.2. The van der Waals surface area contributed by atoms with Gasteiger partial charge in [0.15, 0.2) is 5.65 Å². The number of piperidine rings is 1. The Morgan fingerprint density at radius 3 is 2.88 bits per heavy atom. The highest BCUT2D eigenvalue weighted by Gasteiger charge is 2.23. The van der Waals surface area contributed by atoms with Gasteiger partial charge >= 0.3 is 5.69 Å². The van der Waals surface area contributed by atoms with Gasteiger partial charge in [0, 0.05) is 38.1 Å². The average Bonchev–Trinajstić information content (AvgIpc) is 2.98. The molecule has 1 N–H and O–H groups in total. The summed E-state index contributed by atoms with van der Waals surface area (Å²) in [5, 5.41) is 0. The Bertz CT molecular complexity index is 926. The van der Waals surface area contributed by atoms with Gasteiger partial charge in [-0.15, -0.1) is 0 Å². The number of nitrogens with one attached hydrogen (secondary N) is 1. The molecule has 130 valence electrons. The maximum absolute atomic E-state index is 12.2. The van der Waals surface area contributed by atoms with Crippen LogP contribution in [0.5, 0.6) is 5.88 Å². The van der Waals surface area contributed by atoms with Crippen molar-refractivity contribution in [1.29, 1.82) is 0 Å². The number of hydrogen-bond acceptors (Lipinski definition) is 6. The van der Waals surface area contributed by atoms with Crippen LogP contribution >= 0.6 is 0 Å². The molecule has 0 amide bonds. The number of methoxy groups -OCH3 is 1. The van der Waals surface area contributed by atoms with Crippen LogP contribution in [-0.4, -0.2) is 44.7 Å². The fraction of sp³-hybridized carbons (Fsp3) is 0.412. The summed E-state index contributed by atoms with van der Waals surface area (Å²) in [6.07, 6.45) is 5.39. The summed E-state index contributed by atoms with van der Waals surface area (Å²) >= 11 is 0. The predicted octanol–water partition coefficient (Wildman–Crippen LogP) is 1.44. The number of nitrogens with zero attached hydrogens (tertiary/aromatic N) is 5. The molecule has 3 aromatic rings. The highest BCUT2D eigenvalue weighted by Crippen LogP contribution is 2.23. The van der Waals surface area contributed by atoms with E-state index in [9.17, 15) is 4.79 Å². The molecule has 0 aromatic carbocycles. The minimum atomic E-state index is -0.0905. The van der Waals surface area contributed by atoms with Crippen molar-refractivity contribution in [2.45, 2.75) is 19.4 Å². The smallest absolute Gasteiger partial charge is 0.327 e. The van der Waals surface area contributed by atoms with Crippen LogP contribution in [0.25, 0.3) is 11.2 Å². The second-order valence-electron chi connectivity index (χ2n) is 6.24. The van der Waals surface area contributed by atoms with Crippen molar-refractivity contribution in [3.8, 4) is 5.88 Å². The minimum Gasteiger partial charge on any atom is -0.481 e. The molecule has 0 saturated carbocycles. The Morgan fingerprint density at radius 1 is 1.24 bits per heavy atom. The molecular formula is C17H20N6O2. The number of imidazole rings is 1. The van der Waals surface area contributed by atoms with E-state index in [0.29, 0.717) is 24.3 Å². The van der Waals surface area contributed by atoms with Crippen LogP contribution in [0.3, 0.4) is 0 Å². The fourth-order valence-corrected chi connectivity index (χ4v) is 3.33. The SMILES string of the molecule is COc1ccnc(N2CCC(Cn3c(=O)[nH]c4cccnc43)CC2)n1. The number of rotatable bonds is 4. The zero-order chi connectivity index (χ0) is 17.2. The number of hydrogen-bond donors (Lipinski definition) is 1. The van der Waals surface area contributed by atoms with E-state index in [2.05, 4.69) is 24.8 Å². The monoisotopic (exact) mass is 340 g/mol. The minimum absolute atomic E-state index is 0.0905. The normalized spacial score (nSPS) is 15.6. The molecule has 0 aliphatic carbocycles. The van der Waals surface area contributed by atoms with E-state index in [1.165, 1.54) is 0 Å². The van der Waals surface area contributed by atoms with Gasteiger partial charge in [0.05, 0.1) is 12.6 Å². The summed E-state index contributed by atoms with van der Waals surface area (Å²) in [5.74, 6) is 1.70. The first kappa shape index (κ1) is 15.6. The van der Waals surface area contributed by atoms with Crippen LogP contribution < -0.4 is 15.3 Å². The zero-order valence-electron chi connectivity index (χ0n) is 14.1. The van der Waals surface area contributed by atoms with Crippen LogP contribution in [0.4, 0.5) is 5.95 Å². The number of aromatic amines is 1. The van der Waals surface area contributed by atoms with Crippen molar-refractivity contribution in [3.05, 3.63) is 41.1 Å². The van der Waals surface area contributed by atoms with E-state index in [4.69, 9.17) is 4.74 Å². The van der Waals surface area contributed by atoms with Gasteiger partial charge in [-0.2, -0.15) is 4.98 Å². The molecule has 1 aliphatic rings. The summed E-state index contributed by atoms with van der Waals surface area (Å²) in [5.41, 5.74) is 1.42. The van der Waals surface area contributed by atoms with Gasteiger partial charge in [0.1, 0.15) is 0 Å². The van der Waals surface area contributed by atoms with E-state index < -0.39 is 0 Å². The highest BCUT2D eigenvalue weighted by molar-refractivity contribution is 5.69. The molecule has 1 saturated heterocycles. The van der Waals surface area contributed by atoms with E-state index >= 15 is 0 Å². The van der Waals surface area contributed by atoms with Gasteiger partial charge in [-0.3, -0.25) is 4.57 Å². The van der Waals surface area contributed by atoms with Crippen LogP contribution in [0.15, 0.2) is 35.4 Å². The Hall–Kier alpha value is -2.90. The standard InChI is InChI=1S/C17H20N6O2/c1-25-14-4-8-19-16(21-14)22-9-5-12(6-10-22)11-23-15-13(20-17(23)24)3-2-7-18-15/h2-4,7-8,12H,5-6,9-11H2,1H3,(H,20,24). The van der Waals surface area contributed by atoms with Crippen molar-refractivity contribution < 1.29 is 4.74 Å². The maximum atomic E-state index is 12.2. The highest BCUT2D eigenvalue weighted by atomic mass is 16.5. The van der Waals surface area contributed by atoms with Crippen molar-refractivity contribution in [2.24, 2.45) is 5.92 Å². The van der Waals surface area contributed by atoms with Gasteiger partial charge in [-0.05, 0) is 30.9 Å². The van der Waals surface area contributed by atoms with Crippen LogP contribution in [-0.2, 0) is 6.54 Å². The maximum Gasteiger partial charge on any atom is 0.327 e. The molecule has 4 heterocycles. The molecule has 0 bridgehead atoms. The van der Waals surface area contributed by atoms with Crippen molar-refractivity contribution in [3.63, 3.8) is 0 Å². The summed E-state index contributed by atoms with van der Waals surface area (Å²) < 4.78 is 6.91. The summed E-state index contributed by atoms with van der Waals surface area (Å²) in [6, 6.07) is 5.45. The second kappa shape index (κ2) is 6.54. The lowest BCUT2D eigenvalue weighted by Gasteiger charge is -2.32. The number of pyridine rings is 1. The van der Waals surface area contributed by atoms with Gasteiger partial charge in [0.2, 0.25) is 11.8 Å². The van der Waals surface area contributed by atoms with Gasteiger partial charge < -0.3 is 14.6 Å². The van der Waals surface area contributed by atoms with E-state index in [0.717, 1.165) is 37.1 Å². The van der Waals surface area contributed by atoms with E-state index in [-0.39, 0.29) is 5.69 Å². The van der Waals surface area contributed by atoms with Gasteiger partial charge in [-0.25, -0.2) is 14.8 Å². The van der Waals surface area contributed by atoms with Crippen LogP contribution in [0.2, 0.25) is 0 Å². The van der Waals surface area contributed by atoms with Crippen LogP contribution in [0, 0.1) is 5.92 Å². The number of anilines is 1. The molecule has 0 atom stereocenters. The Kier molecular flexibility index (Phi) is 4.09. The van der Waals surface area contributed by atoms with E-state index in [1.54, 1.807) is 30.1 Å². The van der Waals surface area contributed by atoms with Crippen molar-refractivity contribution >= 4 is 17.1 Å².